The summed E-state index contributed by atoms with van der Waals surface area (Å²) in [4.78, 5) is 0. The van der Waals surface area contributed by atoms with Crippen LogP contribution in [-0.2, 0) is 0 Å². The number of nitrogens with one attached hydrogen (secondary N) is 1. The second kappa shape index (κ2) is 4.66. The van der Waals surface area contributed by atoms with Gasteiger partial charge in [-0.25, -0.2) is 0 Å². The highest BCUT2D eigenvalue weighted by Gasteiger charge is 2.14. The minimum atomic E-state index is -1.24. The van der Waals surface area contributed by atoms with Gasteiger partial charge in [0.15, 0.2) is 6.29 Å². The van der Waals surface area contributed by atoms with Crippen LogP contribution >= 0.6 is 0 Å². The molecule has 0 amide bonds. The molecule has 3 nitrogen and oxygen atoms in total. The quantitative estimate of drug-likeness (QED) is 0.488. The van der Waals surface area contributed by atoms with Crippen LogP contribution in [0.2, 0.25) is 0 Å². The topological polar surface area (TPSA) is 52.5 Å². The summed E-state index contributed by atoms with van der Waals surface area (Å²) in [6, 6.07) is -0.194. The maximum Gasteiger partial charge on any atom is 0.167 e. The van der Waals surface area contributed by atoms with Crippen LogP contribution < -0.4 is 5.32 Å². The smallest absolute Gasteiger partial charge is 0.167 e. The molecule has 0 bridgehead atoms. The normalized spacial score (nSPS) is 14.7. The van der Waals surface area contributed by atoms with E-state index in [1.807, 2.05) is 13.8 Å². The largest absolute Gasteiger partial charge is 0.367 e. The monoisotopic (exact) mass is 147 g/mol. The first-order valence-corrected chi connectivity index (χ1v) is 3.61. The van der Waals surface area contributed by atoms with Crippen molar-refractivity contribution in [1.29, 1.82) is 0 Å². The molecule has 0 rings (SSSR count). The second-order valence-electron chi connectivity index (χ2n) is 2.94. The third-order valence-corrected chi connectivity index (χ3v) is 1.46. The van der Waals surface area contributed by atoms with E-state index < -0.39 is 6.29 Å². The third-order valence-electron chi connectivity index (χ3n) is 1.46. The van der Waals surface area contributed by atoms with Crippen LogP contribution in [0.15, 0.2) is 0 Å². The molecular weight excluding hydrogens is 130 g/mol. The molecule has 0 aliphatic carbocycles. The van der Waals surface area contributed by atoms with Gasteiger partial charge in [-0.15, -0.1) is 0 Å². The number of hydrogen-bond acceptors (Lipinski definition) is 3. The standard InChI is InChI=1S/C7H17NO2/c1-5(2)4-6(8-3)7(9)10/h5-10H,4H2,1-3H3/t6-/m0/s1. The minimum absolute atomic E-state index is 0.194. The van der Waals surface area contributed by atoms with Crippen molar-refractivity contribution < 1.29 is 10.2 Å². The molecule has 10 heavy (non-hydrogen) atoms. The van der Waals surface area contributed by atoms with Gasteiger partial charge in [0.25, 0.3) is 0 Å². The van der Waals surface area contributed by atoms with Crippen LogP contribution in [0.1, 0.15) is 20.3 Å². The maximum absolute atomic E-state index is 8.75. The molecule has 0 spiro atoms. The molecule has 0 aliphatic heterocycles. The molecule has 0 aromatic heterocycles. The zero-order valence-corrected chi connectivity index (χ0v) is 6.83. The Morgan fingerprint density at radius 3 is 1.90 bits per heavy atom. The molecule has 1 atom stereocenters. The van der Waals surface area contributed by atoms with Gasteiger partial charge in [-0.1, -0.05) is 13.8 Å². The average molecular weight is 147 g/mol. The Balaban J connectivity index is 3.60. The predicted molar refractivity (Wildman–Crippen MR) is 40.5 cm³/mol. The van der Waals surface area contributed by atoms with E-state index in [2.05, 4.69) is 5.32 Å². The Bertz CT molecular complexity index is 83.7. The molecule has 0 saturated carbocycles. The summed E-state index contributed by atoms with van der Waals surface area (Å²) in [5.41, 5.74) is 0. The Kier molecular flexibility index (Phi) is 4.60. The van der Waals surface area contributed by atoms with Crippen LogP contribution in [0.5, 0.6) is 0 Å². The van der Waals surface area contributed by atoms with Crippen LogP contribution in [0.25, 0.3) is 0 Å². The molecule has 0 unspecified atom stereocenters. The van der Waals surface area contributed by atoms with E-state index in [-0.39, 0.29) is 6.04 Å². The van der Waals surface area contributed by atoms with Gasteiger partial charge in [-0.2, -0.15) is 0 Å². The van der Waals surface area contributed by atoms with Gasteiger partial charge < -0.3 is 15.5 Å². The molecule has 0 saturated heterocycles. The van der Waals surface area contributed by atoms with Gasteiger partial charge in [0, 0.05) is 0 Å². The number of hydrogen-bond donors (Lipinski definition) is 3. The molecule has 0 aromatic rings. The number of aliphatic hydroxyl groups is 2. The van der Waals surface area contributed by atoms with Crippen molar-refractivity contribution in [3.8, 4) is 0 Å². The van der Waals surface area contributed by atoms with E-state index in [9.17, 15) is 0 Å². The zero-order chi connectivity index (χ0) is 8.15. The fourth-order valence-corrected chi connectivity index (χ4v) is 0.897. The van der Waals surface area contributed by atoms with Crippen molar-refractivity contribution in [2.75, 3.05) is 7.05 Å². The van der Waals surface area contributed by atoms with Crippen LogP contribution in [0, 0.1) is 5.92 Å². The molecule has 0 aliphatic rings. The van der Waals surface area contributed by atoms with E-state index in [1.54, 1.807) is 7.05 Å². The summed E-state index contributed by atoms with van der Waals surface area (Å²) < 4.78 is 0. The van der Waals surface area contributed by atoms with Crippen molar-refractivity contribution in [3.05, 3.63) is 0 Å². The Morgan fingerprint density at radius 1 is 1.30 bits per heavy atom. The van der Waals surface area contributed by atoms with Crippen LogP contribution in [0.4, 0.5) is 0 Å². The van der Waals surface area contributed by atoms with E-state index in [1.165, 1.54) is 0 Å². The molecule has 3 heteroatoms. The van der Waals surface area contributed by atoms with Crippen LogP contribution in [-0.4, -0.2) is 29.6 Å². The van der Waals surface area contributed by atoms with Crippen molar-refractivity contribution in [3.63, 3.8) is 0 Å². The SMILES string of the molecule is CN[C@@H](CC(C)C)C(O)O. The highest BCUT2D eigenvalue weighted by atomic mass is 16.5. The summed E-state index contributed by atoms with van der Waals surface area (Å²) >= 11 is 0. The van der Waals surface area contributed by atoms with Crippen molar-refractivity contribution in [1.82, 2.24) is 5.32 Å². The lowest BCUT2D eigenvalue weighted by atomic mass is 10.0. The number of rotatable bonds is 4. The van der Waals surface area contributed by atoms with Gasteiger partial charge >= 0.3 is 0 Å². The summed E-state index contributed by atoms with van der Waals surface area (Å²) in [6.07, 6.45) is -0.457. The lowest BCUT2D eigenvalue weighted by Crippen LogP contribution is -2.38. The molecule has 0 fully saturated rings. The van der Waals surface area contributed by atoms with E-state index in [4.69, 9.17) is 10.2 Å². The van der Waals surface area contributed by atoms with Gasteiger partial charge in [-0.05, 0) is 19.4 Å². The first-order valence-electron chi connectivity index (χ1n) is 3.61. The van der Waals surface area contributed by atoms with Crippen molar-refractivity contribution >= 4 is 0 Å². The molecule has 0 heterocycles. The zero-order valence-electron chi connectivity index (χ0n) is 6.83. The predicted octanol–water partition coefficient (Wildman–Crippen LogP) is -0.0688. The Hall–Kier alpha value is -0.120. The molecule has 3 N–H and O–H groups in total. The second-order valence-corrected chi connectivity index (χ2v) is 2.94. The average Bonchev–Trinajstić information content (AvgIpc) is 1.81. The molecule has 0 radical (unpaired) electrons. The first kappa shape index (κ1) is 9.88. The molecule has 62 valence electrons. The number of aliphatic hydroxyl groups excluding tert-OH is 1. The fourth-order valence-electron chi connectivity index (χ4n) is 0.897. The summed E-state index contributed by atoms with van der Waals surface area (Å²) in [7, 11) is 1.73. The lowest BCUT2D eigenvalue weighted by molar-refractivity contribution is -0.0693. The summed E-state index contributed by atoms with van der Waals surface area (Å²) in [5.74, 6) is 0.485. The Morgan fingerprint density at radius 2 is 1.80 bits per heavy atom. The van der Waals surface area contributed by atoms with Gasteiger partial charge in [0.2, 0.25) is 0 Å². The minimum Gasteiger partial charge on any atom is -0.367 e. The summed E-state index contributed by atoms with van der Waals surface area (Å²) in [5, 5.41) is 20.3. The lowest BCUT2D eigenvalue weighted by Gasteiger charge is -2.19. The van der Waals surface area contributed by atoms with Crippen molar-refractivity contribution in [2.45, 2.75) is 32.6 Å². The summed E-state index contributed by atoms with van der Waals surface area (Å²) in [6.45, 7) is 4.10. The first-order chi connectivity index (χ1) is 4.57. The molecule has 0 aromatic carbocycles. The fraction of sp³-hybridized carbons (Fsp3) is 1.00. The third kappa shape index (κ3) is 3.82. The van der Waals surface area contributed by atoms with Gasteiger partial charge in [-0.3, -0.25) is 0 Å². The van der Waals surface area contributed by atoms with E-state index in [0.717, 1.165) is 6.42 Å². The van der Waals surface area contributed by atoms with Crippen LogP contribution in [0.3, 0.4) is 0 Å². The highest BCUT2D eigenvalue weighted by molar-refractivity contribution is 4.67. The maximum atomic E-state index is 8.75. The van der Waals surface area contributed by atoms with Gasteiger partial charge in [0.05, 0.1) is 6.04 Å². The van der Waals surface area contributed by atoms with Crippen molar-refractivity contribution in [2.24, 2.45) is 5.92 Å². The van der Waals surface area contributed by atoms with Gasteiger partial charge in [0.1, 0.15) is 0 Å². The van der Waals surface area contributed by atoms with E-state index >= 15 is 0 Å². The highest BCUT2D eigenvalue weighted by Crippen LogP contribution is 2.05. The Labute approximate surface area is 62.1 Å². The number of likely N-dealkylation sites (N-methyl/N-ethyl adjacent to an activating group) is 1. The molecular formula is C7H17NO2. The van der Waals surface area contributed by atoms with E-state index in [0.29, 0.717) is 5.92 Å².